The van der Waals surface area contributed by atoms with Gasteiger partial charge in [-0.15, -0.1) is 0 Å². The van der Waals surface area contributed by atoms with Gasteiger partial charge in [0.1, 0.15) is 5.82 Å². The van der Waals surface area contributed by atoms with Crippen LogP contribution in [-0.2, 0) is 14.6 Å². The highest BCUT2D eigenvalue weighted by Crippen LogP contribution is 2.21. The molecule has 0 saturated carbocycles. The Hall–Kier alpha value is -1.14. The molecule has 0 spiro atoms. The largest absolute Gasteiger partial charge is 0.481 e. The van der Waals surface area contributed by atoms with Gasteiger partial charge in [0.2, 0.25) is 0 Å². The SMILES string of the molecule is CC(CS(=O)(=O)c1ccc(F)c(Cl)c1)C(=O)O. The lowest BCUT2D eigenvalue weighted by Gasteiger charge is -2.08. The summed E-state index contributed by atoms with van der Waals surface area (Å²) < 4.78 is 36.4. The van der Waals surface area contributed by atoms with E-state index in [1.165, 1.54) is 6.92 Å². The Morgan fingerprint density at radius 2 is 2.12 bits per heavy atom. The van der Waals surface area contributed by atoms with Crippen molar-refractivity contribution < 1.29 is 22.7 Å². The third-order valence-corrected chi connectivity index (χ3v) is 4.34. The summed E-state index contributed by atoms with van der Waals surface area (Å²) in [5, 5.41) is 8.33. The van der Waals surface area contributed by atoms with Crippen LogP contribution in [0, 0.1) is 11.7 Å². The first-order valence-corrected chi connectivity index (χ1v) is 6.67. The van der Waals surface area contributed by atoms with E-state index in [1.54, 1.807) is 0 Å². The van der Waals surface area contributed by atoms with Crippen LogP contribution in [0.3, 0.4) is 0 Å². The lowest BCUT2D eigenvalue weighted by atomic mass is 10.2. The minimum Gasteiger partial charge on any atom is -0.481 e. The first kappa shape index (κ1) is 13.9. The fourth-order valence-electron chi connectivity index (χ4n) is 1.17. The highest BCUT2D eigenvalue weighted by Gasteiger charge is 2.23. The monoisotopic (exact) mass is 280 g/mol. The van der Waals surface area contributed by atoms with Crippen molar-refractivity contribution in [1.82, 2.24) is 0 Å². The second-order valence-corrected chi connectivity index (χ2v) is 6.04. The standard InChI is InChI=1S/C10H10ClFO4S/c1-6(10(13)14)5-17(15,16)7-2-3-9(12)8(11)4-7/h2-4,6H,5H2,1H3,(H,13,14). The molecule has 0 radical (unpaired) electrons. The van der Waals surface area contributed by atoms with E-state index in [4.69, 9.17) is 16.7 Å². The maximum Gasteiger partial charge on any atom is 0.307 e. The van der Waals surface area contributed by atoms with Crippen molar-refractivity contribution in [3.8, 4) is 0 Å². The third-order valence-electron chi connectivity index (χ3n) is 2.14. The summed E-state index contributed by atoms with van der Waals surface area (Å²) in [6.45, 7) is 1.28. The van der Waals surface area contributed by atoms with E-state index in [1.807, 2.05) is 0 Å². The van der Waals surface area contributed by atoms with Gasteiger partial charge in [0.25, 0.3) is 0 Å². The van der Waals surface area contributed by atoms with E-state index in [2.05, 4.69) is 0 Å². The van der Waals surface area contributed by atoms with Crippen molar-refractivity contribution in [3.63, 3.8) is 0 Å². The fourth-order valence-corrected chi connectivity index (χ4v) is 2.98. The first-order chi connectivity index (χ1) is 7.74. The molecule has 0 aromatic heterocycles. The Morgan fingerprint density at radius 1 is 1.53 bits per heavy atom. The van der Waals surface area contributed by atoms with Crippen LogP contribution in [0.4, 0.5) is 4.39 Å². The van der Waals surface area contributed by atoms with Crippen molar-refractivity contribution in [2.24, 2.45) is 5.92 Å². The number of hydrogen-bond acceptors (Lipinski definition) is 3. The van der Waals surface area contributed by atoms with Gasteiger partial charge in [-0.25, -0.2) is 12.8 Å². The first-order valence-electron chi connectivity index (χ1n) is 4.64. The number of benzene rings is 1. The Kier molecular flexibility index (Phi) is 4.11. The van der Waals surface area contributed by atoms with Gasteiger partial charge in [-0.2, -0.15) is 0 Å². The van der Waals surface area contributed by atoms with Crippen LogP contribution in [-0.4, -0.2) is 25.2 Å². The number of carboxylic acid groups (broad SMARTS) is 1. The second-order valence-electron chi connectivity index (χ2n) is 3.60. The van der Waals surface area contributed by atoms with E-state index < -0.39 is 33.3 Å². The molecular formula is C10H10ClFO4S. The topological polar surface area (TPSA) is 71.4 Å². The van der Waals surface area contributed by atoms with E-state index in [-0.39, 0.29) is 9.92 Å². The molecule has 1 aromatic carbocycles. The second kappa shape index (κ2) is 5.01. The number of sulfone groups is 1. The van der Waals surface area contributed by atoms with Crippen LogP contribution in [0.25, 0.3) is 0 Å². The summed E-state index contributed by atoms with van der Waals surface area (Å²) in [4.78, 5) is 10.4. The van der Waals surface area contributed by atoms with Gasteiger partial charge in [0.15, 0.2) is 9.84 Å². The lowest BCUT2D eigenvalue weighted by molar-refractivity contribution is -0.140. The Bertz CT molecular complexity index is 541. The average Bonchev–Trinajstić information content (AvgIpc) is 2.21. The summed E-state index contributed by atoms with van der Waals surface area (Å²) in [6.07, 6.45) is 0. The molecule has 17 heavy (non-hydrogen) atoms. The molecule has 0 amide bonds. The van der Waals surface area contributed by atoms with Crippen LogP contribution in [0.2, 0.25) is 5.02 Å². The summed E-state index contributed by atoms with van der Waals surface area (Å²) in [7, 11) is -3.78. The number of carbonyl (C=O) groups is 1. The Morgan fingerprint density at radius 3 is 2.59 bits per heavy atom. The van der Waals surface area contributed by atoms with E-state index in [9.17, 15) is 17.6 Å². The van der Waals surface area contributed by atoms with Crippen molar-refractivity contribution in [3.05, 3.63) is 29.0 Å². The van der Waals surface area contributed by atoms with Gasteiger partial charge in [-0.1, -0.05) is 18.5 Å². The molecule has 0 aliphatic rings. The zero-order valence-corrected chi connectivity index (χ0v) is 10.4. The van der Waals surface area contributed by atoms with Gasteiger partial charge < -0.3 is 5.11 Å². The molecule has 0 bridgehead atoms. The summed E-state index contributed by atoms with van der Waals surface area (Å²) >= 11 is 5.46. The average molecular weight is 281 g/mol. The van der Waals surface area contributed by atoms with Crippen molar-refractivity contribution in [2.75, 3.05) is 5.75 Å². The van der Waals surface area contributed by atoms with Crippen molar-refractivity contribution in [2.45, 2.75) is 11.8 Å². The van der Waals surface area contributed by atoms with Crippen molar-refractivity contribution in [1.29, 1.82) is 0 Å². The molecular weight excluding hydrogens is 271 g/mol. The van der Waals surface area contributed by atoms with Crippen LogP contribution in [0.5, 0.6) is 0 Å². The summed E-state index contributed by atoms with van der Waals surface area (Å²) in [5.74, 6) is -3.52. The maximum atomic E-state index is 12.9. The zero-order valence-electron chi connectivity index (χ0n) is 8.85. The number of rotatable bonds is 4. The number of aliphatic carboxylic acids is 1. The molecule has 0 fully saturated rings. The molecule has 7 heteroatoms. The quantitative estimate of drug-likeness (QED) is 0.856. The molecule has 1 aromatic rings. The van der Waals surface area contributed by atoms with Crippen molar-refractivity contribution >= 4 is 27.4 Å². The summed E-state index contributed by atoms with van der Waals surface area (Å²) in [6, 6.07) is 2.96. The van der Waals surface area contributed by atoms with Crippen LogP contribution >= 0.6 is 11.6 Å². The van der Waals surface area contributed by atoms with Gasteiger partial charge >= 0.3 is 5.97 Å². The molecule has 1 unspecified atom stereocenters. The smallest absolute Gasteiger partial charge is 0.307 e. The van der Waals surface area contributed by atoms with Gasteiger partial charge in [-0.05, 0) is 18.2 Å². The minimum absolute atomic E-state index is 0.183. The highest BCUT2D eigenvalue weighted by atomic mass is 35.5. The van der Waals surface area contributed by atoms with E-state index in [0.717, 1.165) is 18.2 Å². The number of hydrogen-bond donors (Lipinski definition) is 1. The predicted molar refractivity (Wildman–Crippen MR) is 60.3 cm³/mol. The van der Waals surface area contributed by atoms with Gasteiger partial charge in [-0.3, -0.25) is 4.79 Å². The van der Waals surface area contributed by atoms with Gasteiger partial charge in [0, 0.05) is 0 Å². The molecule has 1 rings (SSSR count). The molecule has 0 saturated heterocycles. The number of halogens is 2. The Labute approximate surface area is 103 Å². The van der Waals surface area contributed by atoms with Crippen LogP contribution in [0.1, 0.15) is 6.92 Å². The molecule has 1 atom stereocenters. The summed E-state index contributed by atoms with van der Waals surface area (Å²) in [5.41, 5.74) is 0. The third kappa shape index (κ3) is 3.41. The number of carboxylic acids is 1. The molecule has 0 aliphatic heterocycles. The molecule has 0 aliphatic carbocycles. The molecule has 1 N–H and O–H groups in total. The van der Waals surface area contributed by atoms with E-state index >= 15 is 0 Å². The van der Waals surface area contributed by atoms with Gasteiger partial charge in [0.05, 0.1) is 21.6 Å². The minimum atomic E-state index is -3.78. The molecule has 0 heterocycles. The van der Waals surface area contributed by atoms with Crippen LogP contribution < -0.4 is 0 Å². The van der Waals surface area contributed by atoms with E-state index in [0.29, 0.717) is 0 Å². The zero-order chi connectivity index (χ0) is 13.2. The highest BCUT2D eigenvalue weighted by molar-refractivity contribution is 7.91. The normalized spacial score (nSPS) is 13.4. The maximum absolute atomic E-state index is 12.9. The Balaban J connectivity index is 3.05. The predicted octanol–water partition coefficient (Wildman–Crippen LogP) is 1.97. The van der Waals surface area contributed by atoms with Crippen LogP contribution in [0.15, 0.2) is 23.1 Å². The lowest BCUT2D eigenvalue weighted by Crippen LogP contribution is -2.21. The molecule has 94 valence electrons. The fraction of sp³-hybridized carbons (Fsp3) is 0.300. The molecule has 4 nitrogen and oxygen atoms in total.